The Morgan fingerprint density at radius 2 is 1.64 bits per heavy atom. The predicted molar refractivity (Wildman–Crippen MR) is 139 cm³/mol. The molecule has 9 atom stereocenters. The van der Waals surface area contributed by atoms with E-state index in [9.17, 15) is 19.7 Å². The Bertz CT molecular complexity index is 1040. The number of hydrogen-bond donors (Lipinski definition) is 2. The van der Waals surface area contributed by atoms with Gasteiger partial charge >= 0.3 is 0 Å². The summed E-state index contributed by atoms with van der Waals surface area (Å²) >= 11 is 0. The number of amides is 1. The summed E-state index contributed by atoms with van der Waals surface area (Å²) in [4.78, 5) is 38.7. The summed E-state index contributed by atoms with van der Waals surface area (Å²) in [6.45, 7) is 15.8. The van der Waals surface area contributed by atoms with Gasteiger partial charge in [0.1, 0.15) is 0 Å². The fourth-order valence-electron chi connectivity index (χ4n) is 10.7. The van der Waals surface area contributed by atoms with Crippen LogP contribution in [-0.4, -0.2) is 22.9 Å². The van der Waals surface area contributed by atoms with Crippen LogP contribution in [0.4, 0.5) is 0 Å². The lowest BCUT2D eigenvalue weighted by molar-refractivity contribution is -0.187. The number of fused-ring (bicyclic) bond motifs is 7. The van der Waals surface area contributed by atoms with Crippen molar-refractivity contribution in [3.63, 3.8) is 0 Å². The summed E-state index contributed by atoms with van der Waals surface area (Å²) in [6, 6.07) is -0.187. The zero-order chi connectivity index (χ0) is 26.5. The molecule has 2 unspecified atom stereocenters. The summed E-state index contributed by atoms with van der Waals surface area (Å²) in [5.41, 5.74) is 1.99. The molecule has 0 bridgehead atoms. The van der Waals surface area contributed by atoms with Crippen molar-refractivity contribution in [2.24, 2.45) is 55.4 Å². The molecule has 4 saturated carbocycles. The van der Waals surface area contributed by atoms with Crippen LogP contribution in [0.3, 0.4) is 0 Å². The van der Waals surface area contributed by atoms with Crippen molar-refractivity contribution in [2.75, 3.05) is 0 Å². The van der Waals surface area contributed by atoms with Crippen molar-refractivity contribution in [1.82, 2.24) is 5.48 Å². The molecule has 2 N–H and O–H groups in total. The van der Waals surface area contributed by atoms with Crippen LogP contribution in [0.2, 0.25) is 0 Å². The molecule has 0 radical (unpaired) electrons. The Morgan fingerprint density at radius 1 is 0.972 bits per heavy atom. The number of nitrogens with zero attached hydrogens (tertiary/aromatic N) is 1. The molecule has 0 saturated heterocycles. The average molecular weight is 499 g/mol. The number of carbonyl (C=O) groups excluding carboxylic acids is 2. The van der Waals surface area contributed by atoms with Crippen molar-refractivity contribution in [3.05, 3.63) is 16.6 Å². The first-order valence-corrected chi connectivity index (χ1v) is 14.2. The van der Waals surface area contributed by atoms with Gasteiger partial charge in [-0.05, 0) is 103 Å². The second-order valence-electron chi connectivity index (χ2n) is 15.2. The second-order valence-corrected chi connectivity index (χ2v) is 15.2. The van der Waals surface area contributed by atoms with Crippen LogP contribution in [0.15, 0.2) is 16.8 Å². The normalized spacial score (nSPS) is 51.6. The zero-order valence-electron chi connectivity index (χ0n) is 23.4. The standard InChI is InChI=1S/C30H46N2O4/c1-25(2)21-8-11-30(7)23(28(21,5)10-9-22(25)31-35)20(33)16-18-19-17-27(4,24(34)32-36)13-12-26(19,3)14-15-29(18,30)6/h16,19,21-23,36H,8-15,17H2,1-7H3,(H,32,34)/t19-,21?,22?,23+,26+,27-,28-,29+,30+/m0/s1. The minimum Gasteiger partial charge on any atom is -0.295 e. The van der Waals surface area contributed by atoms with Crippen LogP contribution in [0.1, 0.15) is 106 Å². The summed E-state index contributed by atoms with van der Waals surface area (Å²) in [5, 5.41) is 13.0. The van der Waals surface area contributed by atoms with Gasteiger partial charge < -0.3 is 0 Å². The van der Waals surface area contributed by atoms with Crippen LogP contribution in [0.5, 0.6) is 0 Å². The molecule has 0 aromatic heterocycles. The largest absolute Gasteiger partial charge is 0.295 e. The molecule has 1 amide bonds. The van der Waals surface area contributed by atoms with E-state index in [0.29, 0.717) is 12.3 Å². The minimum absolute atomic E-state index is 0.0653. The highest BCUT2D eigenvalue weighted by atomic mass is 16.5. The number of nitrogens with one attached hydrogen (secondary N) is 1. The van der Waals surface area contributed by atoms with Crippen LogP contribution < -0.4 is 5.48 Å². The lowest BCUT2D eigenvalue weighted by atomic mass is 9.33. The molecule has 0 aromatic rings. The molecule has 5 aliphatic carbocycles. The van der Waals surface area contributed by atoms with Gasteiger partial charge in [0.2, 0.25) is 5.91 Å². The highest BCUT2D eigenvalue weighted by Gasteiger charge is 2.70. The molecule has 0 heterocycles. The Kier molecular flexibility index (Phi) is 5.60. The van der Waals surface area contributed by atoms with Crippen molar-refractivity contribution in [1.29, 1.82) is 0 Å². The Balaban J connectivity index is 1.60. The monoisotopic (exact) mass is 498 g/mol. The van der Waals surface area contributed by atoms with Gasteiger partial charge in [-0.3, -0.25) is 14.8 Å². The van der Waals surface area contributed by atoms with Crippen LogP contribution in [0, 0.1) is 55.2 Å². The van der Waals surface area contributed by atoms with Gasteiger partial charge in [0.15, 0.2) is 5.78 Å². The number of ketones is 1. The van der Waals surface area contributed by atoms with E-state index in [1.807, 2.05) is 18.5 Å². The van der Waals surface area contributed by atoms with E-state index >= 15 is 0 Å². The highest BCUT2D eigenvalue weighted by Crippen LogP contribution is 2.75. The van der Waals surface area contributed by atoms with Gasteiger partial charge in [-0.2, -0.15) is 4.91 Å². The molecular weight excluding hydrogens is 452 g/mol. The Morgan fingerprint density at radius 3 is 2.28 bits per heavy atom. The van der Waals surface area contributed by atoms with E-state index in [4.69, 9.17) is 0 Å². The second kappa shape index (κ2) is 7.74. The number of nitroso groups, excluding NO2 is 1. The number of hydroxylamine groups is 1. The van der Waals surface area contributed by atoms with E-state index in [1.54, 1.807) is 0 Å². The molecule has 200 valence electrons. The molecule has 0 spiro atoms. The summed E-state index contributed by atoms with van der Waals surface area (Å²) in [5.74, 6) is 0.339. The first-order valence-electron chi connectivity index (χ1n) is 14.2. The molecule has 36 heavy (non-hydrogen) atoms. The van der Waals surface area contributed by atoms with Crippen LogP contribution in [0.25, 0.3) is 0 Å². The molecule has 4 fully saturated rings. The van der Waals surface area contributed by atoms with E-state index in [1.165, 1.54) is 5.57 Å². The Hall–Kier alpha value is -1.56. The minimum atomic E-state index is -0.632. The van der Waals surface area contributed by atoms with E-state index in [-0.39, 0.29) is 56.6 Å². The molecule has 0 aliphatic heterocycles. The van der Waals surface area contributed by atoms with Gasteiger partial charge in [-0.1, -0.05) is 59.2 Å². The number of hydrogen-bond acceptors (Lipinski definition) is 5. The first kappa shape index (κ1) is 26.1. The number of carbonyl (C=O) groups is 2. The smallest absolute Gasteiger partial charge is 0.249 e. The predicted octanol–water partition coefficient (Wildman–Crippen LogP) is 6.61. The van der Waals surface area contributed by atoms with Crippen molar-refractivity contribution < 1.29 is 14.8 Å². The van der Waals surface area contributed by atoms with Crippen molar-refractivity contribution in [3.8, 4) is 0 Å². The maximum Gasteiger partial charge on any atom is 0.249 e. The maximum atomic E-state index is 14.3. The summed E-state index contributed by atoms with van der Waals surface area (Å²) < 4.78 is 0. The SMILES string of the molecule is CC1(C)C(N=O)CC[C@@]2(C)C1CC[C@]1(C)[C@@H]2C(=O)C=C2[C@@H]3C[C@@](C)(C(=O)NO)CC[C@]3(C)CC[C@]21C. The van der Waals surface area contributed by atoms with Crippen LogP contribution in [-0.2, 0) is 9.59 Å². The fraction of sp³-hybridized carbons (Fsp3) is 0.867. The van der Waals surface area contributed by atoms with Gasteiger partial charge in [-0.15, -0.1) is 0 Å². The highest BCUT2D eigenvalue weighted by molar-refractivity contribution is 5.95. The molecular formula is C30H46N2O4. The van der Waals surface area contributed by atoms with Gasteiger partial charge in [0.05, 0.1) is 6.04 Å². The summed E-state index contributed by atoms with van der Waals surface area (Å²) in [7, 11) is 0. The number of rotatable bonds is 2. The van der Waals surface area contributed by atoms with Gasteiger partial charge in [-0.25, -0.2) is 5.48 Å². The summed E-state index contributed by atoms with van der Waals surface area (Å²) in [6.07, 6.45) is 10.2. The molecule has 6 heteroatoms. The molecule has 0 aromatic carbocycles. The van der Waals surface area contributed by atoms with E-state index in [2.05, 4.69) is 46.7 Å². The topological polar surface area (TPSA) is 95.8 Å². The van der Waals surface area contributed by atoms with Gasteiger partial charge in [0.25, 0.3) is 0 Å². The van der Waals surface area contributed by atoms with E-state index < -0.39 is 5.41 Å². The van der Waals surface area contributed by atoms with Crippen molar-refractivity contribution >= 4 is 11.7 Å². The third-order valence-electron chi connectivity index (χ3n) is 13.3. The van der Waals surface area contributed by atoms with Gasteiger partial charge in [0, 0.05) is 11.3 Å². The first-order chi connectivity index (χ1) is 16.6. The average Bonchev–Trinajstić information content (AvgIpc) is 2.80. The third kappa shape index (κ3) is 3.06. The van der Waals surface area contributed by atoms with Crippen LogP contribution >= 0.6 is 0 Å². The lowest BCUT2D eigenvalue weighted by Crippen LogP contribution is -2.66. The maximum absolute atomic E-state index is 14.3. The molecule has 5 aliphatic rings. The van der Waals surface area contributed by atoms with E-state index in [0.717, 1.165) is 51.4 Å². The fourth-order valence-corrected chi connectivity index (χ4v) is 10.7. The third-order valence-corrected chi connectivity index (χ3v) is 13.3. The zero-order valence-corrected chi connectivity index (χ0v) is 23.4. The lowest BCUT2D eigenvalue weighted by Gasteiger charge is -2.70. The number of allylic oxidation sites excluding steroid dienone is 2. The molecule has 6 nitrogen and oxygen atoms in total. The molecule has 5 rings (SSSR count). The Labute approximate surface area is 216 Å². The van der Waals surface area contributed by atoms with Crippen molar-refractivity contribution in [2.45, 2.75) is 112 Å². The quantitative estimate of drug-likeness (QED) is 0.254.